The predicted octanol–water partition coefficient (Wildman–Crippen LogP) is 2.17. The number of carbonyl (C=O) groups excluding carboxylic acids is 1. The third-order valence-electron chi connectivity index (χ3n) is 4.03. The smallest absolute Gasteiger partial charge is 0.316 e. The van der Waals surface area contributed by atoms with E-state index in [0.29, 0.717) is 0 Å². The van der Waals surface area contributed by atoms with Gasteiger partial charge in [0.2, 0.25) is 0 Å². The Bertz CT molecular complexity index is 764. The molecule has 0 saturated carbocycles. The molecule has 1 aromatic rings. The number of hydrogen-bond acceptors (Lipinski definition) is 3. The molecule has 1 aliphatic heterocycles. The van der Waals surface area contributed by atoms with Gasteiger partial charge in [-0.25, -0.2) is 8.78 Å². The van der Waals surface area contributed by atoms with E-state index in [4.69, 9.17) is 23.2 Å². The summed E-state index contributed by atoms with van der Waals surface area (Å²) in [6, 6.07) is 2.02. The van der Waals surface area contributed by atoms with E-state index >= 15 is 0 Å². The average Bonchev–Trinajstić information content (AvgIpc) is 2.80. The number of alkyl halides is 1. The molecule has 6 nitrogen and oxygen atoms in total. The highest BCUT2D eigenvalue weighted by Gasteiger charge is 2.46. The van der Waals surface area contributed by atoms with E-state index in [1.165, 1.54) is 32.3 Å². The summed E-state index contributed by atoms with van der Waals surface area (Å²) in [5.74, 6) is -0.706. The van der Waals surface area contributed by atoms with E-state index in [1.807, 2.05) is 0 Å². The van der Waals surface area contributed by atoms with Crippen LogP contribution in [-0.2, 0) is 16.6 Å². The molecule has 0 bridgehead atoms. The number of halogens is 4. The standard InChI is InChI=1S/C14H17Cl2F2N3O3S/c1-20(2)25(23,24)19-13-10(17)7-21(14(16)22)11(13)6-8-4-3-5-9(15)12(8)18/h3-5,10-11,13,19H,6-7H2,1-2H3/t10-,11-,13-/m0/s1. The molecule has 2 rings (SSSR count). The van der Waals surface area contributed by atoms with Crippen molar-refractivity contribution >= 4 is 38.8 Å². The van der Waals surface area contributed by atoms with Gasteiger partial charge in [-0.1, -0.05) is 23.7 Å². The molecule has 1 fully saturated rings. The van der Waals surface area contributed by atoms with Crippen LogP contribution in [0.2, 0.25) is 5.02 Å². The van der Waals surface area contributed by atoms with Gasteiger partial charge in [-0.15, -0.1) is 0 Å². The minimum atomic E-state index is -3.96. The topological polar surface area (TPSA) is 69.7 Å². The fourth-order valence-corrected chi connectivity index (χ4v) is 3.92. The van der Waals surface area contributed by atoms with Crippen LogP contribution in [-0.4, -0.2) is 61.9 Å². The Morgan fingerprint density at radius 3 is 2.64 bits per heavy atom. The SMILES string of the molecule is CN(C)S(=O)(=O)N[C@H]1[C@@H](F)CN(C(=O)Cl)[C@H]1Cc1cccc(Cl)c1F. The van der Waals surface area contributed by atoms with Crippen LogP contribution in [0.5, 0.6) is 0 Å². The van der Waals surface area contributed by atoms with Gasteiger partial charge in [0.05, 0.1) is 23.7 Å². The minimum absolute atomic E-state index is 0.124. The number of carbonyl (C=O) groups is 1. The van der Waals surface area contributed by atoms with Crippen LogP contribution in [0.3, 0.4) is 0 Å². The lowest BCUT2D eigenvalue weighted by Gasteiger charge is -2.28. The lowest BCUT2D eigenvalue weighted by molar-refractivity contribution is 0.211. The van der Waals surface area contributed by atoms with Gasteiger partial charge in [0, 0.05) is 14.1 Å². The maximum Gasteiger partial charge on any atom is 0.316 e. The van der Waals surface area contributed by atoms with Crippen LogP contribution in [0.1, 0.15) is 5.56 Å². The van der Waals surface area contributed by atoms with Crippen molar-refractivity contribution in [1.82, 2.24) is 13.9 Å². The van der Waals surface area contributed by atoms with Gasteiger partial charge in [0.15, 0.2) is 0 Å². The zero-order valence-electron chi connectivity index (χ0n) is 13.4. The quantitative estimate of drug-likeness (QED) is 0.591. The first-order valence-corrected chi connectivity index (χ1v) is 9.47. The highest BCUT2D eigenvalue weighted by molar-refractivity contribution is 7.87. The second kappa shape index (κ2) is 7.71. The molecule has 0 unspecified atom stereocenters. The van der Waals surface area contributed by atoms with E-state index in [0.717, 1.165) is 9.21 Å². The Hall–Kier alpha value is -1.00. The molecular formula is C14H17Cl2F2N3O3S. The number of hydrogen-bond donors (Lipinski definition) is 1. The fraction of sp³-hybridized carbons (Fsp3) is 0.500. The van der Waals surface area contributed by atoms with Crippen molar-refractivity contribution in [1.29, 1.82) is 0 Å². The van der Waals surface area contributed by atoms with Crippen molar-refractivity contribution in [3.63, 3.8) is 0 Å². The monoisotopic (exact) mass is 415 g/mol. The molecule has 1 aliphatic rings. The van der Waals surface area contributed by atoms with Crippen LogP contribution in [0.4, 0.5) is 13.6 Å². The number of likely N-dealkylation sites (tertiary alicyclic amines) is 1. The Morgan fingerprint density at radius 2 is 2.08 bits per heavy atom. The molecule has 11 heteroatoms. The highest BCUT2D eigenvalue weighted by atomic mass is 35.5. The van der Waals surface area contributed by atoms with Gasteiger partial charge in [-0.05, 0) is 29.7 Å². The van der Waals surface area contributed by atoms with Crippen LogP contribution in [0.15, 0.2) is 18.2 Å². The van der Waals surface area contributed by atoms with Crippen LogP contribution in [0, 0.1) is 5.82 Å². The Morgan fingerprint density at radius 1 is 1.44 bits per heavy atom. The molecule has 1 aromatic carbocycles. The first kappa shape index (κ1) is 20.3. The normalized spacial score (nSPS) is 24.1. The summed E-state index contributed by atoms with van der Waals surface area (Å²) < 4.78 is 55.7. The Balaban J connectivity index is 2.36. The molecule has 0 aliphatic carbocycles. The number of amides is 1. The summed E-state index contributed by atoms with van der Waals surface area (Å²) in [4.78, 5) is 12.6. The molecule has 0 aromatic heterocycles. The van der Waals surface area contributed by atoms with Crippen molar-refractivity contribution in [2.75, 3.05) is 20.6 Å². The molecule has 1 saturated heterocycles. The maximum atomic E-state index is 14.4. The molecule has 25 heavy (non-hydrogen) atoms. The summed E-state index contributed by atoms with van der Waals surface area (Å²) in [7, 11) is -1.41. The summed E-state index contributed by atoms with van der Waals surface area (Å²) in [6.45, 7) is -0.393. The molecule has 1 N–H and O–H groups in total. The molecule has 0 radical (unpaired) electrons. The summed E-state index contributed by atoms with van der Waals surface area (Å²) in [6.07, 6.45) is -1.84. The van der Waals surface area contributed by atoms with Crippen LogP contribution < -0.4 is 4.72 Å². The van der Waals surface area contributed by atoms with E-state index in [9.17, 15) is 22.0 Å². The Kier molecular flexibility index (Phi) is 6.26. The largest absolute Gasteiger partial charge is 0.321 e. The van der Waals surface area contributed by atoms with E-state index in [1.54, 1.807) is 0 Å². The van der Waals surface area contributed by atoms with Gasteiger partial charge in [0.25, 0.3) is 10.2 Å². The average molecular weight is 416 g/mol. The summed E-state index contributed by atoms with van der Waals surface area (Å²) in [5.41, 5.74) is 0.128. The van der Waals surface area contributed by atoms with Gasteiger partial charge >= 0.3 is 5.37 Å². The lowest BCUT2D eigenvalue weighted by Crippen LogP contribution is -2.51. The van der Waals surface area contributed by atoms with E-state index < -0.39 is 46.2 Å². The highest BCUT2D eigenvalue weighted by Crippen LogP contribution is 2.28. The maximum absolute atomic E-state index is 14.4. The molecule has 0 spiro atoms. The van der Waals surface area contributed by atoms with E-state index in [2.05, 4.69) is 4.72 Å². The second-order valence-electron chi connectivity index (χ2n) is 5.84. The van der Waals surface area contributed by atoms with Crippen molar-refractivity contribution in [3.05, 3.63) is 34.6 Å². The Labute approximate surface area is 154 Å². The summed E-state index contributed by atoms with van der Waals surface area (Å²) >= 11 is 11.2. The zero-order valence-corrected chi connectivity index (χ0v) is 15.7. The minimum Gasteiger partial charge on any atom is -0.321 e. The lowest BCUT2D eigenvalue weighted by atomic mass is 10.00. The van der Waals surface area contributed by atoms with Crippen molar-refractivity contribution < 1.29 is 22.0 Å². The first-order valence-electron chi connectivity index (χ1n) is 7.27. The van der Waals surface area contributed by atoms with Gasteiger partial charge < -0.3 is 4.90 Å². The van der Waals surface area contributed by atoms with Crippen LogP contribution in [0.25, 0.3) is 0 Å². The number of rotatable bonds is 5. The van der Waals surface area contributed by atoms with E-state index in [-0.39, 0.29) is 17.0 Å². The van der Waals surface area contributed by atoms with Gasteiger partial charge in [0.1, 0.15) is 12.0 Å². The molecule has 1 heterocycles. The molecule has 3 atom stereocenters. The zero-order chi connectivity index (χ0) is 18.9. The molecular weight excluding hydrogens is 399 g/mol. The van der Waals surface area contributed by atoms with Gasteiger partial charge in [-0.2, -0.15) is 17.4 Å². The second-order valence-corrected chi connectivity index (χ2v) is 8.48. The first-order chi connectivity index (χ1) is 11.5. The third kappa shape index (κ3) is 4.40. The van der Waals surface area contributed by atoms with Crippen molar-refractivity contribution in [3.8, 4) is 0 Å². The number of nitrogens with zero attached hydrogens (tertiary/aromatic N) is 2. The molecule has 140 valence electrons. The van der Waals surface area contributed by atoms with Crippen molar-refractivity contribution in [2.45, 2.75) is 24.7 Å². The van der Waals surface area contributed by atoms with Gasteiger partial charge in [-0.3, -0.25) is 4.79 Å². The van der Waals surface area contributed by atoms with Crippen molar-refractivity contribution in [2.24, 2.45) is 0 Å². The fourth-order valence-electron chi connectivity index (χ4n) is 2.67. The summed E-state index contributed by atoms with van der Waals surface area (Å²) in [5, 5.41) is -1.07. The predicted molar refractivity (Wildman–Crippen MR) is 91.3 cm³/mol. The third-order valence-corrected chi connectivity index (χ3v) is 6.07. The number of benzene rings is 1. The van der Waals surface area contributed by atoms with Crippen LogP contribution >= 0.6 is 23.2 Å². The molecule has 1 amide bonds. The number of nitrogens with one attached hydrogen (secondary N) is 1.